The van der Waals surface area contributed by atoms with E-state index in [4.69, 9.17) is 0 Å². The maximum absolute atomic E-state index is 12.4. The van der Waals surface area contributed by atoms with Crippen LogP contribution in [-0.4, -0.2) is 77.0 Å². The first-order valence-electron chi connectivity index (χ1n) is 7.78. The Bertz CT molecular complexity index is 778. The fourth-order valence-electron chi connectivity index (χ4n) is 2.70. The molecule has 1 fully saturated rings. The van der Waals surface area contributed by atoms with Gasteiger partial charge in [0, 0.05) is 12.7 Å². The van der Waals surface area contributed by atoms with Gasteiger partial charge in [-0.1, -0.05) is 0 Å². The van der Waals surface area contributed by atoms with Crippen LogP contribution in [0, 0.1) is 5.92 Å². The Labute approximate surface area is 162 Å². The molecule has 2 aliphatic rings. The van der Waals surface area contributed by atoms with Crippen LogP contribution in [0.4, 0.5) is 0 Å². The van der Waals surface area contributed by atoms with Crippen LogP contribution in [-0.2, 0) is 38.2 Å². The number of ether oxygens (including phenoxy) is 2. The zero-order valence-electron chi connectivity index (χ0n) is 15.0. The molecular weight excluding hydrogens is 398 g/mol. The summed E-state index contributed by atoms with van der Waals surface area (Å²) in [5.74, 6) is -8.14. The second-order valence-corrected chi connectivity index (χ2v) is 6.79. The van der Waals surface area contributed by atoms with Crippen molar-refractivity contribution < 1.29 is 43.3 Å². The molecular formula is C15H17N3O9S. The zero-order valence-corrected chi connectivity index (χ0v) is 15.8. The van der Waals surface area contributed by atoms with E-state index in [0.717, 1.165) is 30.9 Å². The Morgan fingerprint density at radius 2 is 1.75 bits per heavy atom. The van der Waals surface area contributed by atoms with Crippen LogP contribution < -0.4 is 10.6 Å². The lowest BCUT2D eigenvalue weighted by molar-refractivity contribution is -0.162. The number of fused-ring (bicyclic) bond motifs is 1. The molecule has 0 radical (unpaired) electrons. The van der Waals surface area contributed by atoms with Crippen molar-refractivity contribution in [1.82, 2.24) is 15.5 Å². The van der Waals surface area contributed by atoms with Gasteiger partial charge in [-0.15, -0.1) is 11.8 Å². The second kappa shape index (κ2) is 8.29. The highest BCUT2D eigenvalue weighted by Gasteiger charge is 2.54. The van der Waals surface area contributed by atoms with Crippen LogP contribution >= 0.6 is 11.8 Å². The predicted molar refractivity (Wildman–Crippen MR) is 91.0 cm³/mol. The fraction of sp³-hybridized carbons (Fsp3) is 0.467. The minimum absolute atomic E-state index is 0.0486. The smallest absolute Gasteiger partial charge is 0.354 e. The summed E-state index contributed by atoms with van der Waals surface area (Å²) < 4.78 is 8.79. The summed E-state index contributed by atoms with van der Waals surface area (Å²) in [6.07, 6.45) is 0. The van der Waals surface area contributed by atoms with Gasteiger partial charge in [0.05, 0.1) is 19.9 Å². The van der Waals surface area contributed by atoms with E-state index in [1.165, 1.54) is 6.92 Å². The molecule has 1 unspecified atom stereocenters. The molecule has 3 amide bonds. The number of carbonyl (C=O) groups excluding carboxylic acids is 5. The van der Waals surface area contributed by atoms with Crippen LogP contribution in [0.25, 0.3) is 0 Å². The number of carboxylic acid groups (broad SMARTS) is 1. The lowest BCUT2D eigenvalue weighted by Crippen LogP contribution is -2.70. The van der Waals surface area contributed by atoms with Gasteiger partial charge >= 0.3 is 17.9 Å². The number of rotatable bonds is 6. The average Bonchev–Trinajstić information content (AvgIpc) is 2.64. The van der Waals surface area contributed by atoms with Crippen molar-refractivity contribution in [3.8, 4) is 0 Å². The minimum atomic E-state index is -1.96. The number of hydrogen-bond donors (Lipinski definition) is 3. The number of carboxylic acids is 1. The molecule has 0 aromatic carbocycles. The molecule has 2 aliphatic heterocycles. The van der Waals surface area contributed by atoms with E-state index >= 15 is 0 Å². The lowest BCUT2D eigenvalue weighted by atomic mass is 10.0. The Morgan fingerprint density at radius 3 is 2.21 bits per heavy atom. The first kappa shape index (κ1) is 21.2. The number of nitrogens with zero attached hydrogens (tertiary/aromatic N) is 1. The van der Waals surface area contributed by atoms with Crippen molar-refractivity contribution in [3.05, 3.63) is 11.4 Å². The van der Waals surface area contributed by atoms with Gasteiger partial charge in [-0.05, 0) is 0 Å². The molecule has 13 heteroatoms. The van der Waals surface area contributed by atoms with Crippen molar-refractivity contribution in [2.45, 2.75) is 18.3 Å². The standard InChI is InChI=1S/C15H17N3O9S/c1-5(19)16-8-11(21)18-9(13(22)23)6(4-28-12(8)18)17-10(20)7(14(24)26-2)15(25)27-3/h7-8,12H,4H2,1-3H3,(H,16,19)(H,17,20)(H,22,23)/t8?,12-/m0/s1. The highest BCUT2D eigenvalue weighted by atomic mass is 32.2. The van der Waals surface area contributed by atoms with Crippen molar-refractivity contribution >= 4 is 47.4 Å². The maximum Gasteiger partial charge on any atom is 0.354 e. The minimum Gasteiger partial charge on any atom is -0.477 e. The second-order valence-electron chi connectivity index (χ2n) is 5.69. The van der Waals surface area contributed by atoms with E-state index in [0.29, 0.717) is 0 Å². The van der Waals surface area contributed by atoms with Gasteiger partial charge in [0.15, 0.2) is 5.70 Å². The van der Waals surface area contributed by atoms with E-state index in [-0.39, 0.29) is 11.4 Å². The SMILES string of the molecule is COC(=O)C(C(=O)NC1=C(C(=O)O)N2C(=O)C(NC(C)=O)[C@@H]2SC1)C(=O)OC. The van der Waals surface area contributed by atoms with E-state index in [9.17, 15) is 33.9 Å². The molecule has 2 heterocycles. The molecule has 0 saturated carbocycles. The van der Waals surface area contributed by atoms with Gasteiger partial charge in [0.25, 0.3) is 5.91 Å². The van der Waals surface area contributed by atoms with Crippen molar-refractivity contribution in [1.29, 1.82) is 0 Å². The zero-order chi connectivity index (χ0) is 21.2. The number of β-lactam (4-membered cyclic amide) rings is 1. The third-order valence-corrected chi connectivity index (χ3v) is 5.22. The Morgan fingerprint density at radius 1 is 1.18 bits per heavy atom. The fourth-order valence-corrected chi connectivity index (χ4v) is 3.98. The Kier molecular flexibility index (Phi) is 6.28. The van der Waals surface area contributed by atoms with Gasteiger partial charge in [-0.2, -0.15) is 0 Å². The first-order valence-corrected chi connectivity index (χ1v) is 8.83. The molecule has 1 saturated heterocycles. The largest absolute Gasteiger partial charge is 0.477 e. The summed E-state index contributed by atoms with van der Waals surface area (Å²) in [4.78, 5) is 71.8. The monoisotopic (exact) mass is 415 g/mol. The number of thioether (sulfide) groups is 1. The Hall–Kier alpha value is -3.09. The number of methoxy groups -OCH3 is 2. The summed E-state index contributed by atoms with van der Waals surface area (Å²) in [6.45, 7) is 1.22. The summed E-state index contributed by atoms with van der Waals surface area (Å²) in [5, 5.41) is 13.5. The van der Waals surface area contributed by atoms with Gasteiger partial charge in [0.1, 0.15) is 11.4 Å². The molecule has 0 spiro atoms. The van der Waals surface area contributed by atoms with Gasteiger partial charge in [-0.3, -0.25) is 28.9 Å². The van der Waals surface area contributed by atoms with Crippen LogP contribution in [0.15, 0.2) is 11.4 Å². The summed E-state index contributed by atoms with van der Waals surface area (Å²) in [7, 11) is 1.94. The van der Waals surface area contributed by atoms with Gasteiger partial charge in [-0.25, -0.2) is 4.79 Å². The maximum atomic E-state index is 12.4. The molecule has 2 atom stereocenters. The molecule has 2 rings (SSSR count). The normalized spacial score (nSPS) is 20.7. The summed E-state index contributed by atoms with van der Waals surface area (Å²) in [5.41, 5.74) is -0.677. The van der Waals surface area contributed by atoms with Crippen LogP contribution in [0.1, 0.15) is 6.92 Å². The highest BCUT2D eigenvalue weighted by Crippen LogP contribution is 2.39. The van der Waals surface area contributed by atoms with E-state index < -0.39 is 58.7 Å². The Balaban J connectivity index is 2.30. The van der Waals surface area contributed by atoms with Crippen LogP contribution in [0.2, 0.25) is 0 Å². The molecule has 0 aromatic rings. The van der Waals surface area contributed by atoms with Crippen molar-refractivity contribution in [2.75, 3.05) is 20.0 Å². The molecule has 3 N–H and O–H groups in total. The number of hydrogen-bond acceptors (Lipinski definition) is 9. The van der Waals surface area contributed by atoms with Crippen LogP contribution in [0.3, 0.4) is 0 Å². The van der Waals surface area contributed by atoms with Gasteiger partial charge < -0.3 is 25.2 Å². The van der Waals surface area contributed by atoms with Crippen molar-refractivity contribution in [3.63, 3.8) is 0 Å². The highest BCUT2D eigenvalue weighted by molar-refractivity contribution is 8.00. The van der Waals surface area contributed by atoms with Gasteiger partial charge in [0.2, 0.25) is 17.7 Å². The lowest BCUT2D eigenvalue weighted by Gasteiger charge is -2.49. The first-order chi connectivity index (χ1) is 13.1. The van der Waals surface area contributed by atoms with E-state index in [1.54, 1.807) is 0 Å². The topological polar surface area (TPSA) is 168 Å². The number of carbonyl (C=O) groups is 6. The molecule has 12 nitrogen and oxygen atoms in total. The molecule has 0 bridgehead atoms. The molecule has 28 heavy (non-hydrogen) atoms. The predicted octanol–water partition coefficient (Wildman–Crippen LogP) is -2.22. The number of amides is 3. The number of esters is 2. The van der Waals surface area contributed by atoms with E-state index in [1.807, 2.05) is 0 Å². The summed E-state index contributed by atoms with van der Waals surface area (Å²) in [6, 6.07) is -0.882. The molecule has 0 aliphatic carbocycles. The number of aliphatic carboxylic acids is 1. The summed E-state index contributed by atoms with van der Waals surface area (Å²) >= 11 is 1.10. The van der Waals surface area contributed by atoms with E-state index in [2.05, 4.69) is 20.1 Å². The third-order valence-electron chi connectivity index (χ3n) is 3.94. The quantitative estimate of drug-likeness (QED) is 0.245. The van der Waals surface area contributed by atoms with Crippen molar-refractivity contribution in [2.24, 2.45) is 5.92 Å². The van der Waals surface area contributed by atoms with Crippen LogP contribution in [0.5, 0.6) is 0 Å². The molecule has 152 valence electrons. The molecule has 0 aromatic heterocycles. The number of nitrogens with one attached hydrogen (secondary N) is 2. The third kappa shape index (κ3) is 3.78. The average molecular weight is 415 g/mol.